The molecule has 2 N–H and O–H groups in total. The fraction of sp³-hybridized carbons (Fsp3) is 0.200. The standard InChI is InChI=1S/C15H15F2NOS/c1-10(11-3-2-4-13(19)9-11)18-12-5-7-14(8-6-12)20-15(16)17/h2-10,15,18-19H,1H3. The van der Waals surface area contributed by atoms with Gasteiger partial charge in [-0.25, -0.2) is 0 Å². The molecule has 1 unspecified atom stereocenters. The summed E-state index contributed by atoms with van der Waals surface area (Å²) in [4.78, 5) is 0.538. The fourth-order valence-electron chi connectivity index (χ4n) is 1.86. The summed E-state index contributed by atoms with van der Waals surface area (Å²) in [5, 5.41) is 12.7. The van der Waals surface area contributed by atoms with E-state index in [4.69, 9.17) is 0 Å². The normalized spacial score (nSPS) is 12.4. The summed E-state index contributed by atoms with van der Waals surface area (Å²) >= 11 is 0.530. The van der Waals surface area contributed by atoms with Crippen LogP contribution in [-0.2, 0) is 0 Å². The van der Waals surface area contributed by atoms with Crippen molar-refractivity contribution in [3.63, 3.8) is 0 Å². The molecule has 2 aromatic rings. The number of phenols is 1. The van der Waals surface area contributed by atoms with E-state index in [2.05, 4.69) is 5.32 Å². The molecule has 0 spiro atoms. The van der Waals surface area contributed by atoms with Crippen molar-refractivity contribution in [3.05, 3.63) is 54.1 Å². The second-order valence-electron chi connectivity index (χ2n) is 4.36. The predicted octanol–water partition coefficient (Wildman–Crippen LogP) is 4.88. The van der Waals surface area contributed by atoms with Crippen molar-refractivity contribution in [2.24, 2.45) is 0 Å². The lowest BCUT2D eigenvalue weighted by atomic mass is 10.1. The number of hydrogen-bond donors (Lipinski definition) is 2. The number of phenolic OH excluding ortho intramolecular Hbond substituents is 1. The van der Waals surface area contributed by atoms with Gasteiger partial charge in [0.1, 0.15) is 5.75 Å². The Hall–Kier alpha value is -1.75. The molecule has 0 saturated heterocycles. The van der Waals surface area contributed by atoms with Crippen LogP contribution in [0, 0.1) is 0 Å². The number of thioether (sulfide) groups is 1. The van der Waals surface area contributed by atoms with Crippen LogP contribution in [0.2, 0.25) is 0 Å². The number of hydrogen-bond acceptors (Lipinski definition) is 3. The minimum atomic E-state index is -2.40. The third-order valence-corrected chi connectivity index (χ3v) is 3.56. The van der Waals surface area contributed by atoms with E-state index in [0.717, 1.165) is 11.3 Å². The summed E-state index contributed by atoms with van der Waals surface area (Å²) in [5.41, 5.74) is 1.80. The highest BCUT2D eigenvalue weighted by Gasteiger charge is 2.07. The van der Waals surface area contributed by atoms with Gasteiger partial charge < -0.3 is 10.4 Å². The Kier molecular flexibility index (Phi) is 4.84. The summed E-state index contributed by atoms with van der Waals surface area (Å²) in [5.74, 6) is -2.18. The smallest absolute Gasteiger partial charge is 0.288 e. The Balaban J connectivity index is 2.02. The lowest BCUT2D eigenvalue weighted by Gasteiger charge is -2.16. The van der Waals surface area contributed by atoms with Gasteiger partial charge in [0.2, 0.25) is 0 Å². The molecule has 0 heterocycles. The second-order valence-corrected chi connectivity index (χ2v) is 5.43. The number of nitrogens with one attached hydrogen (secondary N) is 1. The third-order valence-electron chi connectivity index (χ3n) is 2.83. The molecule has 0 aliphatic carbocycles. The van der Waals surface area contributed by atoms with Crippen LogP contribution in [0.3, 0.4) is 0 Å². The zero-order valence-electron chi connectivity index (χ0n) is 10.9. The van der Waals surface area contributed by atoms with E-state index in [1.807, 2.05) is 13.0 Å². The van der Waals surface area contributed by atoms with Gasteiger partial charge in [-0.15, -0.1) is 0 Å². The van der Waals surface area contributed by atoms with E-state index < -0.39 is 5.76 Å². The maximum atomic E-state index is 12.2. The molecule has 0 aliphatic heterocycles. The first-order valence-electron chi connectivity index (χ1n) is 6.15. The van der Waals surface area contributed by atoms with Crippen molar-refractivity contribution in [1.82, 2.24) is 0 Å². The summed E-state index contributed by atoms with van der Waals surface area (Å²) in [7, 11) is 0. The lowest BCUT2D eigenvalue weighted by Crippen LogP contribution is -2.06. The van der Waals surface area contributed by atoms with Crippen molar-refractivity contribution < 1.29 is 13.9 Å². The highest BCUT2D eigenvalue weighted by molar-refractivity contribution is 7.99. The van der Waals surface area contributed by atoms with Crippen LogP contribution in [0.4, 0.5) is 14.5 Å². The Labute approximate surface area is 120 Å². The average molecular weight is 295 g/mol. The van der Waals surface area contributed by atoms with Crippen molar-refractivity contribution in [3.8, 4) is 5.75 Å². The zero-order chi connectivity index (χ0) is 14.5. The molecule has 0 aromatic heterocycles. The molecule has 20 heavy (non-hydrogen) atoms. The molecule has 2 aromatic carbocycles. The Bertz CT molecular complexity index is 560. The van der Waals surface area contributed by atoms with Crippen LogP contribution in [0.15, 0.2) is 53.4 Å². The van der Waals surface area contributed by atoms with Crippen molar-refractivity contribution in [1.29, 1.82) is 0 Å². The van der Waals surface area contributed by atoms with Gasteiger partial charge >= 0.3 is 0 Å². The molecule has 0 bridgehead atoms. The number of rotatable bonds is 5. The lowest BCUT2D eigenvalue weighted by molar-refractivity contribution is 0.252. The Morgan fingerprint density at radius 1 is 1.10 bits per heavy atom. The largest absolute Gasteiger partial charge is 0.508 e. The number of alkyl halides is 2. The van der Waals surface area contributed by atoms with E-state index in [0.29, 0.717) is 16.7 Å². The number of anilines is 1. The maximum absolute atomic E-state index is 12.2. The summed E-state index contributed by atoms with van der Waals surface area (Å²) in [6.45, 7) is 1.97. The molecule has 0 amide bonds. The molecule has 0 aliphatic rings. The Morgan fingerprint density at radius 2 is 1.80 bits per heavy atom. The topological polar surface area (TPSA) is 32.3 Å². The van der Waals surface area contributed by atoms with Crippen LogP contribution >= 0.6 is 11.8 Å². The van der Waals surface area contributed by atoms with Crippen LogP contribution in [0.1, 0.15) is 18.5 Å². The van der Waals surface area contributed by atoms with Gasteiger partial charge in [0.25, 0.3) is 5.76 Å². The third kappa shape index (κ3) is 4.13. The molecule has 2 nitrogen and oxygen atoms in total. The molecule has 106 valence electrons. The van der Waals surface area contributed by atoms with E-state index >= 15 is 0 Å². The highest BCUT2D eigenvalue weighted by atomic mass is 32.2. The monoisotopic (exact) mass is 295 g/mol. The quantitative estimate of drug-likeness (QED) is 0.771. The minimum absolute atomic E-state index is 0.00991. The molecule has 1 atom stereocenters. The highest BCUT2D eigenvalue weighted by Crippen LogP contribution is 2.27. The SMILES string of the molecule is CC(Nc1ccc(SC(F)F)cc1)c1cccc(O)c1. The predicted molar refractivity (Wildman–Crippen MR) is 78.4 cm³/mol. The van der Waals surface area contributed by atoms with Crippen LogP contribution in [0.5, 0.6) is 5.75 Å². The molecule has 0 fully saturated rings. The van der Waals surface area contributed by atoms with Gasteiger partial charge in [-0.2, -0.15) is 8.78 Å². The van der Waals surface area contributed by atoms with E-state index in [-0.39, 0.29) is 11.8 Å². The summed E-state index contributed by atoms with van der Waals surface area (Å²) < 4.78 is 24.4. The van der Waals surface area contributed by atoms with Crippen LogP contribution in [0.25, 0.3) is 0 Å². The second kappa shape index (κ2) is 6.61. The molecule has 0 radical (unpaired) electrons. The van der Waals surface area contributed by atoms with Crippen molar-refractivity contribution in [2.45, 2.75) is 23.6 Å². The van der Waals surface area contributed by atoms with Crippen LogP contribution in [-0.4, -0.2) is 10.9 Å². The Morgan fingerprint density at radius 3 is 2.40 bits per heavy atom. The first-order chi connectivity index (χ1) is 9.54. The molecular formula is C15H15F2NOS. The molecule has 5 heteroatoms. The van der Waals surface area contributed by atoms with Gasteiger partial charge in [-0.1, -0.05) is 23.9 Å². The van der Waals surface area contributed by atoms with Gasteiger partial charge in [0.15, 0.2) is 0 Å². The summed E-state index contributed by atoms with van der Waals surface area (Å²) in [6.07, 6.45) is 0. The maximum Gasteiger partial charge on any atom is 0.288 e. The van der Waals surface area contributed by atoms with Crippen molar-refractivity contribution in [2.75, 3.05) is 5.32 Å². The first kappa shape index (κ1) is 14.7. The van der Waals surface area contributed by atoms with Crippen LogP contribution < -0.4 is 5.32 Å². The van der Waals surface area contributed by atoms with E-state index in [1.165, 1.54) is 0 Å². The van der Waals surface area contributed by atoms with Crippen molar-refractivity contribution >= 4 is 17.4 Å². The average Bonchev–Trinajstić information content (AvgIpc) is 2.40. The zero-order valence-corrected chi connectivity index (χ0v) is 11.7. The molecule has 0 saturated carbocycles. The van der Waals surface area contributed by atoms with E-state index in [1.54, 1.807) is 42.5 Å². The van der Waals surface area contributed by atoms with Gasteiger partial charge in [0.05, 0.1) is 0 Å². The molecule has 2 rings (SSSR count). The summed E-state index contributed by atoms with van der Waals surface area (Å²) in [6, 6.07) is 13.9. The minimum Gasteiger partial charge on any atom is -0.508 e. The number of benzene rings is 2. The van der Waals surface area contributed by atoms with Gasteiger partial charge in [0, 0.05) is 16.6 Å². The fourth-order valence-corrected chi connectivity index (χ4v) is 2.36. The van der Waals surface area contributed by atoms with Gasteiger partial charge in [-0.3, -0.25) is 0 Å². The van der Waals surface area contributed by atoms with E-state index in [9.17, 15) is 13.9 Å². The number of halogens is 2. The van der Waals surface area contributed by atoms with Gasteiger partial charge in [-0.05, 0) is 48.9 Å². The first-order valence-corrected chi connectivity index (χ1v) is 7.03. The number of aromatic hydroxyl groups is 1. The molecular weight excluding hydrogens is 280 g/mol.